The summed E-state index contributed by atoms with van der Waals surface area (Å²) in [6.45, 7) is 12.1. The highest BCUT2D eigenvalue weighted by atomic mass is 32.1. The number of thiocarbonyl (C=S) groups is 1. The molecule has 0 saturated heterocycles. The van der Waals surface area contributed by atoms with Crippen molar-refractivity contribution < 1.29 is 0 Å². The molecule has 0 unspecified atom stereocenters. The first-order valence-corrected chi connectivity index (χ1v) is 7.38. The van der Waals surface area contributed by atoms with Crippen molar-refractivity contribution in [3.8, 4) is 0 Å². The Labute approximate surface area is 122 Å². The highest BCUT2D eigenvalue weighted by Crippen LogP contribution is 2.23. The third-order valence-corrected chi connectivity index (χ3v) is 3.90. The van der Waals surface area contributed by atoms with E-state index in [4.69, 9.17) is 18.0 Å². The molecule has 2 nitrogen and oxygen atoms in total. The first-order valence-electron chi connectivity index (χ1n) is 6.97. The van der Waals surface area contributed by atoms with E-state index in [2.05, 4.69) is 52.1 Å². The summed E-state index contributed by atoms with van der Waals surface area (Å²) in [4.78, 5) is 0.455. The lowest BCUT2D eigenvalue weighted by atomic mass is 9.85. The van der Waals surface area contributed by atoms with E-state index >= 15 is 0 Å². The molecule has 3 heteroatoms. The highest BCUT2D eigenvalue weighted by molar-refractivity contribution is 7.80. The van der Waals surface area contributed by atoms with E-state index in [0.717, 1.165) is 17.8 Å². The van der Waals surface area contributed by atoms with Crippen LogP contribution in [-0.4, -0.2) is 11.5 Å². The monoisotopic (exact) mass is 278 g/mol. The Bertz CT molecular complexity index is 430. The lowest BCUT2D eigenvalue weighted by molar-refractivity contribution is 0.304. The van der Waals surface area contributed by atoms with Gasteiger partial charge in [0.2, 0.25) is 0 Å². The lowest BCUT2D eigenvalue weighted by Gasteiger charge is -2.26. The highest BCUT2D eigenvalue weighted by Gasteiger charge is 2.17. The SMILES string of the molecule is Cc1ccc(NCC(C(C)C)C(C)C)c(C(N)=S)c1. The van der Waals surface area contributed by atoms with E-state index in [1.54, 1.807) is 0 Å². The number of benzene rings is 1. The molecule has 3 N–H and O–H groups in total. The Balaban J connectivity index is 2.85. The first-order chi connectivity index (χ1) is 8.82. The number of hydrogen-bond donors (Lipinski definition) is 2. The molecule has 0 atom stereocenters. The average molecular weight is 278 g/mol. The van der Waals surface area contributed by atoms with E-state index in [1.807, 2.05) is 6.07 Å². The van der Waals surface area contributed by atoms with Crippen molar-refractivity contribution in [2.75, 3.05) is 11.9 Å². The van der Waals surface area contributed by atoms with Gasteiger partial charge in [-0.05, 0) is 36.8 Å². The summed E-state index contributed by atoms with van der Waals surface area (Å²) in [6.07, 6.45) is 0. The topological polar surface area (TPSA) is 38.0 Å². The largest absolute Gasteiger partial charge is 0.389 e. The number of rotatable bonds is 6. The second-order valence-corrected chi connectivity index (χ2v) is 6.39. The minimum atomic E-state index is 0.455. The molecule has 0 spiro atoms. The molecule has 0 aliphatic carbocycles. The van der Waals surface area contributed by atoms with Crippen LogP contribution in [0.2, 0.25) is 0 Å². The summed E-state index contributed by atoms with van der Waals surface area (Å²) in [5.41, 5.74) is 8.97. The van der Waals surface area contributed by atoms with E-state index in [9.17, 15) is 0 Å². The van der Waals surface area contributed by atoms with Crippen LogP contribution in [0.15, 0.2) is 18.2 Å². The first kappa shape index (κ1) is 16.0. The molecule has 19 heavy (non-hydrogen) atoms. The number of hydrogen-bond acceptors (Lipinski definition) is 2. The normalized spacial score (nSPS) is 11.4. The molecule has 0 aliphatic heterocycles. The van der Waals surface area contributed by atoms with Crippen molar-refractivity contribution in [2.45, 2.75) is 34.6 Å². The fourth-order valence-corrected chi connectivity index (χ4v) is 2.65. The predicted octanol–water partition coefficient (Wildman–Crippen LogP) is 3.97. The third-order valence-electron chi connectivity index (χ3n) is 3.68. The number of anilines is 1. The maximum absolute atomic E-state index is 5.80. The predicted molar refractivity (Wildman–Crippen MR) is 88.7 cm³/mol. The second kappa shape index (κ2) is 6.90. The average Bonchev–Trinajstić information content (AvgIpc) is 2.29. The van der Waals surface area contributed by atoms with Crippen LogP contribution < -0.4 is 11.1 Å². The Morgan fingerprint density at radius 3 is 2.26 bits per heavy atom. The molecule has 0 amide bonds. The van der Waals surface area contributed by atoms with Crippen LogP contribution in [0.25, 0.3) is 0 Å². The molecule has 0 fully saturated rings. The molecule has 1 rings (SSSR count). The Hall–Kier alpha value is -1.09. The van der Waals surface area contributed by atoms with Crippen molar-refractivity contribution in [1.82, 2.24) is 0 Å². The maximum atomic E-state index is 5.80. The molecule has 0 bridgehead atoms. The van der Waals surface area contributed by atoms with E-state index < -0.39 is 0 Å². The number of aryl methyl sites for hydroxylation is 1. The molecular formula is C16H26N2S. The number of nitrogens with one attached hydrogen (secondary N) is 1. The van der Waals surface area contributed by atoms with Crippen molar-refractivity contribution >= 4 is 22.9 Å². The third kappa shape index (κ3) is 4.50. The summed E-state index contributed by atoms with van der Waals surface area (Å²) in [5.74, 6) is 1.96. The van der Waals surface area contributed by atoms with Crippen LogP contribution in [0.5, 0.6) is 0 Å². The fourth-order valence-electron chi connectivity index (χ4n) is 2.49. The van der Waals surface area contributed by atoms with Gasteiger partial charge in [-0.1, -0.05) is 51.5 Å². The van der Waals surface area contributed by atoms with Crippen molar-refractivity contribution in [3.05, 3.63) is 29.3 Å². The quantitative estimate of drug-likeness (QED) is 0.773. The molecule has 0 heterocycles. The van der Waals surface area contributed by atoms with Crippen LogP contribution in [0.3, 0.4) is 0 Å². The summed E-state index contributed by atoms with van der Waals surface area (Å²) in [7, 11) is 0. The molecule has 0 saturated carbocycles. The zero-order valence-electron chi connectivity index (χ0n) is 12.7. The van der Waals surface area contributed by atoms with Gasteiger partial charge in [-0.25, -0.2) is 0 Å². The Morgan fingerprint density at radius 1 is 1.21 bits per heavy atom. The maximum Gasteiger partial charge on any atom is 0.106 e. The van der Waals surface area contributed by atoms with Crippen LogP contribution >= 0.6 is 12.2 Å². The number of nitrogens with two attached hydrogens (primary N) is 1. The van der Waals surface area contributed by atoms with E-state index in [0.29, 0.717) is 22.7 Å². The van der Waals surface area contributed by atoms with Gasteiger partial charge in [-0.3, -0.25) is 0 Å². The fraction of sp³-hybridized carbons (Fsp3) is 0.562. The van der Waals surface area contributed by atoms with E-state index in [1.165, 1.54) is 5.56 Å². The zero-order valence-corrected chi connectivity index (χ0v) is 13.5. The molecule has 0 aromatic heterocycles. The summed E-state index contributed by atoms with van der Waals surface area (Å²) in [6, 6.07) is 6.20. The zero-order chi connectivity index (χ0) is 14.6. The van der Waals surface area contributed by atoms with Gasteiger partial charge in [-0.15, -0.1) is 0 Å². The van der Waals surface area contributed by atoms with Gasteiger partial charge in [0.15, 0.2) is 0 Å². The molecule has 106 valence electrons. The van der Waals surface area contributed by atoms with Gasteiger partial charge in [0.05, 0.1) is 0 Å². The van der Waals surface area contributed by atoms with Gasteiger partial charge >= 0.3 is 0 Å². The minimum Gasteiger partial charge on any atom is -0.389 e. The van der Waals surface area contributed by atoms with Gasteiger partial charge in [0.1, 0.15) is 4.99 Å². The Kier molecular flexibility index (Phi) is 5.80. The molecule has 1 aromatic rings. The molecular weight excluding hydrogens is 252 g/mol. The van der Waals surface area contributed by atoms with Crippen molar-refractivity contribution in [1.29, 1.82) is 0 Å². The summed E-state index contributed by atoms with van der Waals surface area (Å²) < 4.78 is 0. The smallest absolute Gasteiger partial charge is 0.106 e. The van der Waals surface area contributed by atoms with Gasteiger partial charge in [0, 0.05) is 17.8 Å². The van der Waals surface area contributed by atoms with Crippen LogP contribution in [0.1, 0.15) is 38.8 Å². The van der Waals surface area contributed by atoms with Crippen LogP contribution in [0, 0.1) is 24.7 Å². The van der Waals surface area contributed by atoms with Crippen LogP contribution in [-0.2, 0) is 0 Å². The van der Waals surface area contributed by atoms with Crippen LogP contribution in [0.4, 0.5) is 5.69 Å². The summed E-state index contributed by atoms with van der Waals surface area (Å²) in [5, 5.41) is 3.52. The second-order valence-electron chi connectivity index (χ2n) is 5.95. The lowest BCUT2D eigenvalue weighted by Crippen LogP contribution is -2.25. The van der Waals surface area contributed by atoms with Crippen molar-refractivity contribution in [3.63, 3.8) is 0 Å². The van der Waals surface area contributed by atoms with E-state index in [-0.39, 0.29) is 0 Å². The minimum absolute atomic E-state index is 0.455. The Morgan fingerprint density at radius 2 is 1.79 bits per heavy atom. The molecule has 1 aromatic carbocycles. The molecule has 0 radical (unpaired) electrons. The van der Waals surface area contributed by atoms with Gasteiger partial charge < -0.3 is 11.1 Å². The van der Waals surface area contributed by atoms with Gasteiger partial charge in [-0.2, -0.15) is 0 Å². The summed E-state index contributed by atoms with van der Waals surface area (Å²) >= 11 is 5.13. The standard InChI is InChI=1S/C16H26N2S/c1-10(2)14(11(3)4)9-18-15-7-6-12(5)8-13(15)16(17)19/h6-8,10-11,14,18H,9H2,1-5H3,(H2,17,19). The molecule has 0 aliphatic rings. The van der Waals surface area contributed by atoms with Crippen molar-refractivity contribution in [2.24, 2.45) is 23.5 Å². The van der Waals surface area contributed by atoms with Gasteiger partial charge in [0.25, 0.3) is 0 Å².